The van der Waals surface area contributed by atoms with Crippen LogP contribution in [0.25, 0.3) is 0 Å². The molecule has 1 fully saturated rings. The van der Waals surface area contributed by atoms with Crippen LogP contribution in [-0.4, -0.2) is 25.2 Å². The van der Waals surface area contributed by atoms with Gasteiger partial charge in [-0.1, -0.05) is 38.2 Å². The van der Waals surface area contributed by atoms with Crippen LogP contribution in [0.15, 0.2) is 17.5 Å². The average molecular weight is 338 g/mol. The number of ether oxygens (including phenoxy) is 1. The van der Waals surface area contributed by atoms with Crippen molar-refractivity contribution >= 4 is 23.3 Å². The Bertz CT molecular complexity index is 482. The molecule has 1 atom stereocenters. The Labute approximate surface area is 141 Å². The maximum absolute atomic E-state index is 12.3. The van der Waals surface area contributed by atoms with Gasteiger partial charge in [-0.15, -0.1) is 11.3 Å². The second kappa shape index (κ2) is 9.55. The Morgan fingerprint density at radius 2 is 1.96 bits per heavy atom. The molecule has 1 aromatic heterocycles. The fourth-order valence-corrected chi connectivity index (χ4v) is 3.73. The molecule has 1 aliphatic carbocycles. The number of rotatable bonds is 5. The number of urea groups is 1. The molecule has 0 aromatic carbocycles. The Hall–Kier alpha value is -1.56. The number of amides is 2. The first-order valence-corrected chi connectivity index (χ1v) is 9.24. The molecule has 2 amide bonds. The number of carbonyl (C=O) groups excluding carboxylic acids is 2. The number of hydrogen-bond donors (Lipinski definition) is 2. The predicted octanol–water partition coefficient (Wildman–Crippen LogP) is 3.76. The quantitative estimate of drug-likeness (QED) is 0.803. The van der Waals surface area contributed by atoms with Crippen molar-refractivity contribution in [2.45, 2.75) is 63.5 Å². The molecule has 1 aromatic rings. The van der Waals surface area contributed by atoms with Crippen molar-refractivity contribution in [2.75, 3.05) is 7.11 Å². The first-order valence-electron chi connectivity index (χ1n) is 8.36. The molecule has 5 nitrogen and oxygen atoms in total. The van der Waals surface area contributed by atoms with Gasteiger partial charge in [0.2, 0.25) is 0 Å². The predicted molar refractivity (Wildman–Crippen MR) is 91.5 cm³/mol. The molecule has 0 saturated heterocycles. The summed E-state index contributed by atoms with van der Waals surface area (Å²) in [6, 6.07) is 3.54. The largest absolute Gasteiger partial charge is 0.469 e. The first kappa shape index (κ1) is 17.8. The Balaban J connectivity index is 1.89. The van der Waals surface area contributed by atoms with E-state index in [4.69, 9.17) is 4.74 Å². The molecule has 128 valence electrons. The van der Waals surface area contributed by atoms with Crippen LogP contribution in [0.5, 0.6) is 0 Å². The van der Waals surface area contributed by atoms with Crippen LogP contribution in [-0.2, 0) is 9.53 Å². The lowest BCUT2D eigenvalue weighted by Gasteiger charge is -2.23. The van der Waals surface area contributed by atoms with E-state index in [0.717, 1.165) is 17.7 Å². The van der Waals surface area contributed by atoms with Crippen LogP contribution < -0.4 is 10.6 Å². The van der Waals surface area contributed by atoms with Crippen LogP contribution in [0.3, 0.4) is 0 Å². The minimum atomic E-state index is -0.337. The number of esters is 1. The lowest BCUT2D eigenvalue weighted by molar-refractivity contribution is -0.141. The van der Waals surface area contributed by atoms with Gasteiger partial charge in [0.05, 0.1) is 19.6 Å². The summed E-state index contributed by atoms with van der Waals surface area (Å²) in [6.45, 7) is 0. The Kier molecular flexibility index (Phi) is 7.39. The first-order chi connectivity index (χ1) is 11.2. The summed E-state index contributed by atoms with van der Waals surface area (Å²) >= 11 is 1.53. The van der Waals surface area contributed by atoms with Crippen LogP contribution in [0, 0.1) is 0 Å². The van der Waals surface area contributed by atoms with E-state index in [0.29, 0.717) is 0 Å². The molecule has 2 rings (SSSR count). The normalized spacial score (nSPS) is 17.6. The van der Waals surface area contributed by atoms with Gasteiger partial charge in [-0.25, -0.2) is 4.79 Å². The maximum Gasteiger partial charge on any atom is 0.315 e. The number of hydrogen-bond acceptors (Lipinski definition) is 4. The summed E-state index contributed by atoms with van der Waals surface area (Å²) in [4.78, 5) is 24.9. The summed E-state index contributed by atoms with van der Waals surface area (Å²) in [5.74, 6) is -0.324. The third-order valence-electron chi connectivity index (χ3n) is 4.23. The van der Waals surface area contributed by atoms with Crippen molar-refractivity contribution < 1.29 is 14.3 Å². The van der Waals surface area contributed by atoms with Crippen LogP contribution in [0.2, 0.25) is 0 Å². The molecule has 2 N–H and O–H groups in total. The number of thiophene rings is 1. The molecular formula is C17H26N2O3S. The second-order valence-corrected chi connectivity index (χ2v) is 6.99. The van der Waals surface area contributed by atoms with Crippen LogP contribution in [0.4, 0.5) is 4.79 Å². The highest BCUT2D eigenvalue weighted by Crippen LogP contribution is 2.23. The van der Waals surface area contributed by atoms with Crippen molar-refractivity contribution in [3.05, 3.63) is 22.4 Å². The highest BCUT2D eigenvalue weighted by Gasteiger charge is 2.21. The summed E-state index contributed by atoms with van der Waals surface area (Å²) < 4.78 is 4.73. The number of carbonyl (C=O) groups is 2. The van der Waals surface area contributed by atoms with Crippen molar-refractivity contribution in [3.63, 3.8) is 0 Å². The Morgan fingerprint density at radius 1 is 1.26 bits per heavy atom. The molecule has 23 heavy (non-hydrogen) atoms. The van der Waals surface area contributed by atoms with E-state index in [1.807, 2.05) is 17.5 Å². The van der Waals surface area contributed by atoms with E-state index >= 15 is 0 Å². The van der Waals surface area contributed by atoms with E-state index < -0.39 is 0 Å². The van der Waals surface area contributed by atoms with Gasteiger partial charge in [0.25, 0.3) is 0 Å². The monoisotopic (exact) mass is 338 g/mol. The summed E-state index contributed by atoms with van der Waals surface area (Å²) in [5.41, 5.74) is 0. The summed E-state index contributed by atoms with van der Waals surface area (Å²) in [5, 5.41) is 7.94. The fraction of sp³-hybridized carbons (Fsp3) is 0.647. The molecule has 0 unspecified atom stereocenters. The van der Waals surface area contributed by atoms with Gasteiger partial charge in [-0.3, -0.25) is 4.79 Å². The van der Waals surface area contributed by atoms with Gasteiger partial charge in [0.1, 0.15) is 0 Å². The van der Waals surface area contributed by atoms with Crippen molar-refractivity contribution in [3.8, 4) is 0 Å². The third kappa shape index (κ3) is 6.22. The molecule has 1 saturated carbocycles. The lowest BCUT2D eigenvalue weighted by atomic mass is 9.97. The summed E-state index contributed by atoms with van der Waals surface area (Å²) in [6.07, 6.45) is 8.36. The lowest BCUT2D eigenvalue weighted by Crippen LogP contribution is -2.44. The van der Waals surface area contributed by atoms with E-state index in [-0.39, 0.29) is 30.5 Å². The SMILES string of the molecule is COC(=O)C[C@@H](NC(=O)NC1CCCCCCC1)c1cccs1. The van der Waals surface area contributed by atoms with Gasteiger partial charge >= 0.3 is 12.0 Å². The topological polar surface area (TPSA) is 67.4 Å². The highest BCUT2D eigenvalue weighted by molar-refractivity contribution is 7.10. The van der Waals surface area contributed by atoms with Crippen LogP contribution >= 0.6 is 11.3 Å². The molecule has 0 spiro atoms. The van der Waals surface area contributed by atoms with Gasteiger partial charge < -0.3 is 15.4 Å². The molecular weight excluding hydrogens is 312 g/mol. The summed E-state index contributed by atoms with van der Waals surface area (Å²) in [7, 11) is 1.36. The van der Waals surface area contributed by atoms with Gasteiger partial charge in [0.15, 0.2) is 0 Å². The smallest absolute Gasteiger partial charge is 0.315 e. The van der Waals surface area contributed by atoms with Crippen molar-refractivity contribution in [1.82, 2.24) is 10.6 Å². The molecule has 0 bridgehead atoms. The molecule has 1 heterocycles. The van der Waals surface area contributed by atoms with E-state index in [1.54, 1.807) is 0 Å². The number of methoxy groups -OCH3 is 1. The highest BCUT2D eigenvalue weighted by atomic mass is 32.1. The molecule has 1 aliphatic rings. The fourth-order valence-electron chi connectivity index (χ4n) is 2.95. The standard InChI is InChI=1S/C17H26N2O3S/c1-22-16(20)12-14(15-10-7-11-23-15)19-17(21)18-13-8-5-3-2-4-6-9-13/h7,10-11,13-14H,2-6,8-9,12H2,1H3,(H2,18,19,21)/t14-/m1/s1. The van der Waals surface area contributed by atoms with Crippen LogP contribution in [0.1, 0.15) is 62.3 Å². The maximum atomic E-state index is 12.3. The molecule has 0 aliphatic heterocycles. The van der Waals surface area contributed by atoms with E-state index in [1.165, 1.54) is 50.6 Å². The molecule has 0 radical (unpaired) electrons. The average Bonchev–Trinajstić information content (AvgIpc) is 3.03. The minimum Gasteiger partial charge on any atom is -0.469 e. The number of nitrogens with one attached hydrogen (secondary N) is 2. The third-order valence-corrected chi connectivity index (χ3v) is 5.22. The zero-order valence-corrected chi connectivity index (χ0v) is 14.5. The van der Waals surface area contributed by atoms with Gasteiger partial charge in [-0.05, 0) is 24.3 Å². The van der Waals surface area contributed by atoms with Gasteiger partial charge in [0, 0.05) is 10.9 Å². The van der Waals surface area contributed by atoms with Crippen molar-refractivity contribution in [1.29, 1.82) is 0 Å². The minimum absolute atomic E-state index is 0.148. The zero-order chi connectivity index (χ0) is 16.5. The van der Waals surface area contributed by atoms with E-state index in [2.05, 4.69) is 10.6 Å². The van der Waals surface area contributed by atoms with Gasteiger partial charge in [-0.2, -0.15) is 0 Å². The van der Waals surface area contributed by atoms with Crippen molar-refractivity contribution in [2.24, 2.45) is 0 Å². The van der Waals surface area contributed by atoms with E-state index in [9.17, 15) is 9.59 Å². The Morgan fingerprint density at radius 3 is 2.57 bits per heavy atom. The molecule has 6 heteroatoms. The zero-order valence-electron chi connectivity index (χ0n) is 13.7. The second-order valence-electron chi connectivity index (χ2n) is 6.01.